The third-order valence-corrected chi connectivity index (χ3v) is 6.21. The number of H-pyrrole nitrogens is 1. The van der Waals surface area contributed by atoms with Gasteiger partial charge in [0.05, 0.1) is 30.7 Å². The second-order valence-electron chi connectivity index (χ2n) is 7.49. The molecule has 3 aromatic heterocycles. The predicted molar refractivity (Wildman–Crippen MR) is 131 cm³/mol. The van der Waals surface area contributed by atoms with Gasteiger partial charge in [-0.15, -0.1) is 11.3 Å². The number of methoxy groups -OCH3 is 1. The Balaban J connectivity index is 1.40. The smallest absolute Gasteiger partial charge is 0.345 e. The summed E-state index contributed by atoms with van der Waals surface area (Å²) in [6, 6.07) is 8.05. The van der Waals surface area contributed by atoms with Crippen molar-refractivity contribution in [2.24, 2.45) is 5.10 Å². The predicted octanol–water partition coefficient (Wildman–Crippen LogP) is 2.92. The molecule has 0 unspecified atom stereocenters. The van der Waals surface area contributed by atoms with E-state index in [9.17, 15) is 14.4 Å². The van der Waals surface area contributed by atoms with Crippen LogP contribution in [0.2, 0.25) is 0 Å². The van der Waals surface area contributed by atoms with Gasteiger partial charge in [-0.2, -0.15) is 5.10 Å². The largest absolute Gasteiger partial charge is 0.493 e. The number of hydrogen-bond donors (Lipinski definition) is 2. The van der Waals surface area contributed by atoms with E-state index in [0.717, 1.165) is 10.4 Å². The Kier molecular flexibility index (Phi) is 6.97. The van der Waals surface area contributed by atoms with Gasteiger partial charge in [-0.05, 0) is 55.3 Å². The van der Waals surface area contributed by atoms with Crippen LogP contribution in [-0.4, -0.2) is 40.2 Å². The fourth-order valence-corrected chi connectivity index (χ4v) is 4.29. The lowest BCUT2D eigenvalue weighted by Crippen LogP contribution is -2.23. The SMILES string of the molecule is COc1cc(/C=N/NC(=O)Cc2nc3sc(C)c(C)c3c(=O)[nH]2)ccc1OC(=O)c1cccnc1. The summed E-state index contributed by atoms with van der Waals surface area (Å²) in [5.74, 6) is -0.204. The quantitative estimate of drug-likeness (QED) is 0.176. The lowest BCUT2D eigenvalue weighted by molar-refractivity contribution is -0.120. The zero-order chi connectivity index (χ0) is 24.9. The standard InChI is InChI=1S/C24H21N5O5S/c1-13-14(2)35-23-21(13)22(31)27-19(28-23)10-20(30)29-26-11-15-6-7-17(18(9-15)33-3)34-24(32)16-5-4-8-25-12-16/h4-9,11-12H,10H2,1-3H3,(H,29,30)(H,27,28,31)/b26-11+. The Hall–Kier alpha value is -4.38. The van der Waals surface area contributed by atoms with Crippen LogP contribution >= 0.6 is 11.3 Å². The fraction of sp³-hybridized carbons (Fsp3) is 0.167. The maximum Gasteiger partial charge on any atom is 0.345 e. The first-order chi connectivity index (χ1) is 16.9. The molecular formula is C24H21N5O5S. The van der Waals surface area contributed by atoms with E-state index in [1.807, 2.05) is 13.8 Å². The van der Waals surface area contributed by atoms with Crippen LogP contribution in [0.3, 0.4) is 0 Å². The van der Waals surface area contributed by atoms with Gasteiger partial charge < -0.3 is 14.5 Å². The number of pyridine rings is 1. The summed E-state index contributed by atoms with van der Waals surface area (Å²) in [4.78, 5) is 49.5. The lowest BCUT2D eigenvalue weighted by Gasteiger charge is -2.09. The highest BCUT2D eigenvalue weighted by Crippen LogP contribution is 2.28. The number of carbonyl (C=O) groups excluding carboxylic acids is 2. The minimum atomic E-state index is -0.567. The summed E-state index contributed by atoms with van der Waals surface area (Å²) in [5.41, 5.74) is 3.95. The van der Waals surface area contributed by atoms with Crippen molar-refractivity contribution in [3.8, 4) is 11.5 Å². The first-order valence-electron chi connectivity index (χ1n) is 10.5. The number of ether oxygens (including phenoxy) is 2. The van der Waals surface area contributed by atoms with Crippen molar-refractivity contribution in [2.45, 2.75) is 20.3 Å². The second-order valence-corrected chi connectivity index (χ2v) is 8.69. The number of nitrogens with one attached hydrogen (secondary N) is 2. The number of esters is 1. The molecule has 0 bridgehead atoms. The van der Waals surface area contributed by atoms with Gasteiger partial charge in [0.25, 0.3) is 5.56 Å². The van der Waals surface area contributed by atoms with E-state index in [1.165, 1.54) is 30.9 Å². The Labute approximate surface area is 203 Å². The molecule has 3 heterocycles. The van der Waals surface area contributed by atoms with Crippen LogP contribution in [0, 0.1) is 13.8 Å². The number of rotatable bonds is 7. The van der Waals surface area contributed by atoms with Crippen molar-refractivity contribution in [3.05, 3.63) is 80.5 Å². The highest BCUT2D eigenvalue weighted by atomic mass is 32.1. The monoisotopic (exact) mass is 491 g/mol. The first kappa shape index (κ1) is 23.8. The lowest BCUT2D eigenvalue weighted by atomic mass is 10.2. The number of aromatic nitrogens is 3. The number of benzene rings is 1. The van der Waals surface area contributed by atoms with E-state index in [4.69, 9.17) is 9.47 Å². The van der Waals surface area contributed by atoms with Gasteiger partial charge in [0.15, 0.2) is 11.5 Å². The zero-order valence-electron chi connectivity index (χ0n) is 19.1. The molecule has 11 heteroatoms. The number of carbonyl (C=O) groups is 2. The van der Waals surface area contributed by atoms with E-state index in [2.05, 4.69) is 25.5 Å². The number of amides is 1. The van der Waals surface area contributed by atoms with Crippen LogP contribution < -0.4 is 20.5 Å². The molecule has 0 saturated heterocycles. The molecule has 0 atom stereocenters. The second kappa shape index (κ2) is 10.3. The molecule has 4 aromatic rings. The van der Waals surface area contributed by atoms with Crippen molar-refractivity contribution in [3.63, 3.8) is 0 Å². The Morgan fingerprint density at radius 2 is 2.06 bits per heavy atom. The molecule has 178 valence electrons. The Bertz CT molecular complexity index is 1490. The van der Waals surface area contributed by atoms with Gasteiger partial charge in [0.2, 0.25) is 5.91 Å². The molecular weight excluding hydrogens is 470 g/mol. The first-order valence-corrected chi connectivity index (χ1v) is 11.3. The van der Waals surface area contributed by atoms with Gasteiger partial charge in [0, 0.05) is 17.3 Å². The highest BCUT2D eigenvalue weighted by Gasteiger charge is 2.14. The molecule has 0 spiro atoms. The zero-order valence-corrected chi connectivity index (χ0v) is 19.9. The topological polar surface area (TPSA) is 136 Å². The van der Waals surface area contributed by atoms with Crippen molar-refractivity contribution in [1.82, 2.24) is 20.4 Å². The summed E-state index contributed by atoms with van der Waals surface area (Å²) in [6.45, 7) is 3.80. The molecule has 1 amide bonds. The summed E-state index contributed by atoms with van der Waals surface area (Å²) >= 11 is 1.42. The van der Waals surface area contributed by atoms with Gasteiger partial charge in [-0.1, -0.05) is 0 Å². The molecule has 0 aliphatic heterocycles. The van der Waals surface area contributed by atoms with Gasteiger partial charge in [0.1, 0.15) is 10.7 Å². The number of hydrazone groups is 1. The summed E-state index contributed by atoms with van der Waals surface area (Å²) < 4.78 is 10.7. The third-order valence-electron chi connectivity index (χ3n) is 5.11. The summed E-state index contributed by atoms with van der Waals surface area (Å²) in [6.07, 6.45) is 4.25. The van der Waals surface area contributed by atoms with E-state index >= 15 is 0 Å². The maximum atomic E-state index is 12.4. The molecule has 10 nitrogen and oxygen atoms in total. The van der Waals surface area contributed by atoms with E-state index < -0.39 is 11.9 Å². The normalized spacial score (nSPS) is 11.1. The molecule has 35 heavy (non-hydrogen) atoms. The fourth-order valence-electron chi connectivity index (χ4n) is 3.24. The highest BCUT2D eigenvalue weighted by molar-refractivity contribution is 7.18. The molecule has 4 rings (SSSR count). The number of fused-ring (bicyclic) bond motifs is 1. The summed E-state index contributed by atoms with van der Waals surface area (Å²) in [5, 5.41) is 4.49. The van der Waals surface area contributed by atoms with Crippen molar-refractivity contribution < 1.29 is 19.1 Å². The van der Waals surface area contributed by atoms with Crippen LogP contribution in [0.1, 0.15) is 32.2 Å². The van der Waals surface area contributed by atoms with Crippen molar-refractivity contribution in [1.29, 1.82) is 0 Å². The van der Waals surface area contributed by atoms with Crippen LogP contribution in [-0.2, 0) is 11.2 Å². The number of thiophene rings is 1. The average molecular weight is 492 g/mol. The average Bonchev–Trinajstić information content (AvgIpc) is 3.13. The van der Waals surface area contributed by atoms with Crippen LogP contribution in [0.15, 0.2) is 52.6 Å². The molecule has 0 radical (unpaired) electrons. The number of aryl methyl sites for hydroxylation is 2. The number of nitrogens with zero attached hydrogens (tertiary/aromatic N) is 3. The van der Waals surface area contributed by atoms with Gasteiger partial charge in [-0.3, -0.25) is 14.6 Å². The van der Waals surface area contributed by atoms with E-state index in [1.54, 1.807) is 36.5 Å². The van der Waals surface area contributed by atoms with Crippen molar-refractivity contribution in [2.75, 3.05) is 7.11 Å². The third kappa shape index (κ3) is 5.41. The molecule has 0 saturated carbocycles. The van der Waals surface area contributed by atoms with Crippen LogP contribution in [0.25, 0.3) is 10.2 Å². The minimum Gasteiger partial charge on any atom is -0.493 e. The van der Waals surface area contributed by atoms with E-state index in [0.29, 0.717) is 27.1 Å². The maximum absolute atomic E-state index is 12.4. The molecule has 2 N–H and O–H groups in total. The van der Waals surface area contributed by atoms with Crippen molar-refractivity contribution >= 4 is 39.6 Å². The number of aromatic amines is 1. The Morgan fingerprint density at radius 3 is 2.80 bits per heavy atom. The van der Waals surface area contributed by atoms with Gasteiger partial charge >= 0.3 is 5.97 Å². The molecule has 1 aromatic carbocycles. The summed E-state index contributed by atoms with van der Waals surface area (Å²) in [7, 11) is 1.45. The Morgan fingerprint density at radius 1 is 1.23 bits per heavy atom. The molecule has 0 aliphatic carbocycles. The van der Waals surface area contributed by atoms with E-state index in [-0.39, 0.29) is 23.6 Å². The minimum absolute atomic E-state index is 0.134. The van der Waals surface area contributed by atoms with Crippen LogP contribution in [0.4, 0.5) is 0 Å². The van der Waals surface area contributed by atoms with Gasteiger partial charge in [-0.25, -0.2) is 15.2 Å². The molecule has 0 fully saturated rings. The van der Waals surface area contributed by atoms with Crippen LogP contribution in [0.5, 0.6) is 11.5 Å². The number of hydrogen-bond acceptors (Lipinski definition) is 9. The molecule has 0 aliphatic rings.